The van der Waals surface area contributed by atoms with Gasteiger partial charge in [-0.1, -0.05) is 54.6 Å². The summed E-state index contributed by atoms with van der Waals surface area (Å²) in [6, 6.07) is 20.1. The molecule has 0 atom stereocenters. The van der Waals surface area contributed by atoms with Crippen LogP contribution in [0.1, 0.15) is 36.0 Å². The highest BCUT2D eigenvalue weighted by Gasteiger charge is 2.30. The number of carbonyl (C=O) groups is 2. The first kappa shape index (κ1) is 25.8. The van der Waals surface area contributed by atoms with E-state index in [1.54, 1.807) is 18.2 Å². The number of aliphatic carboxylic acids is 1. The Kier molecular flexibility index (Phi) is 8.89. The zero-order chi connectivity index (χ0) is 25.3. The normalized spacial score (nSPS) is 11.2. The third-order valence-electron chi connectivity index (χ3n) is 5.37. The van der Waals surface area contributed by atoms with Crippen LogP contribution in [0.25, 0.3) is 11.1 Å². The van der Waals surface area contributed by atoms with E-state index in [1.807, 2.05) is 36.4 Å². The summed E-state index contributed by atoms with van der Waals surface area (Å²) in [7, 11) is 0. The quantitative estimate of drug-likeness (QED) is 0.334. The van der Waals surface area contributed by atoms with Crippen molar-refractivity contribution in [1.29, 1.82) is 0 Å². The lowest BCUT2D eigenvalue weighted by atomic mass is 10.0. The van der Waals surface area contributed by atoms with Crippen LogP contribution in [-0.2, 0) is 28.7 Å². The summed E-state index contributed by atoms with van der Waals surface area (Å²) in [6.45, 7) is -0.00963. The smallest absolute Gasteiger partial charge is 0.416 e. The van der Waals surface area contributed by atoms with Crippen molar-refractivity contribution in [2.45, 2.75) is 38.4 Å². The number of ether oxygens (including phenoxy) is 1. The van der Waals surface area contributed by atoms with E-state index in [-0.39, 0.29) is 5.91 Å². The Balaban J connectivity index is 1.39. The van der Waals surface area contributed by atoms with Gasteiger partial charge in [0.2, 0.25) is 5.91 Å². The maximum Gasteiger partial charge on any atom is 0.416 e. The monoisotopic (exact) mass is 485 g/mol. The molecule has 0 aliphatic heterocycles. The lowest BCUT2D eigenvalue weighted by molar-refractivity contribution is -0.139. The first-order valence-corrected chi connectivity index (χ1v) is 11.2. The van der Waals surface area contributed by atoms with Crippen molar-refractivity contribution in [1.82, 2.24) is 5.32 Å². The topological polar surface area (TPSA) is 75.6 Å². The molecule has 0 heterocycles. The van der Waals surface area contributed by atoms with Gasteiger partial charge in [0.1, 0.15) is 5.75 Å². The van der Waals surface area contributed by atoms with E-state index in [0.717, 1.165) is 28.8 Å². The van der Waals surface area contributed by atoms with Crippen molar-refractivity contribution in [3.63, 3.8) is 0 Å². The van der Waals surface area contributed by atoms with Crippen LogP contribution in [0, 0.1) is 0 Å². The molecular weight excluding hydrogens is 459 g/mol. The molecule has 5 nitrogen and oxygen atoms in total. The molecule has 0 bridgehead atoms. The van der Waals surface area contributed by atoms with Gasteiger partial charge in [-0.3, -0.25) is 4.79 Å². The second-order valence-electron chi connectivity index (χ2n) is 8.09. The van der Waals surface area contributed by atoms with E-state index in [1.165, 1.54) is 6.07 Å². The Labute approximate surface area is 201 Å². The van der Waals surface area contributed by atoms with Crippen LogP contribution >= 0.6 is 0 Å². The molecule has 0 saturated carbocycles. The van der Waals surface area contributed by atoms with Gasteiger partial charge in [0, 0.05) is 13.0 Å². The number of benzene rings is 3. The zero-order valence-electron chi connectivity index (χ0n) is 19.0. The van der Waals surface area contributed by atoms with E-state index in [2.05, 4.69) is 5.32 Å². The largest absolute Gasteiger partial charge is 0.482 e. The molecule has 1 amide bonds. The predicted octanol–water partition coefficient (Wildman–Crippen LogP) is 5.87. The van der Waals surface area contributed by atoms with Crippen LogP contribution in [0.5, 0.6) is 5.75 Å². The summed E-state index contributed by atoms with van der Waals surface area (Å²) in [4.78, 5) is 22.7. The summed E-state index contributed by atoms with van der Waals surface area (Å²) < 4.78 is 43.5. The van der Waals surface area contributed by atoms with Crippen LogP contribution in [-0.4, -0.2) is 23.6 Å². The van der Waals surface area contributed by atoms with Crippen LogP contribution in [0.2, 0.25) is 0 Å². The van der Waals surface area contributed by atoms with E-state index in [9.17, 15) is 22.8 Å². The fraction of sp³-hybridized carbons (Fsp3) is 0.259. The molecule has 2 N–H and O–H groups in total. The molecule has 0 aliphatic rings. The molecule has 3 rings (SSSR count). The van der Waals surface area contributed by atoms with Gasteiger partial charge in [0.15, 0.2) is 6.61 Å². The molecule has 0 fully saturated rings. The van der Waals surface area contributed by atoms with Crippen LogP contribution < -0.4 is 10.1 Å². The van der Waals surface area contributed by atoms with Crippen molar-refractivity contribution in [3.05, 3.63) is 89.5 Å². The maximum absolute atomic E-state index is 12.8. The number of hydrogen-bond acceptors (Lipinski definition) is 3. The molecule has 3 aromatic carbocycles. The Hall–Kier alpha value is -3.81. The summed E-state index contributed by atoms with van der Waals surface area (Å²) in [5.74, 6) is -0.660. The average Bonchev–Trinajstić information content (AvgIpc) is 2.84. The number of halogens is 3. The van der Waals surface area contributed by atoms with Gasteiger partial charge >= 0.3 is 12.1 Å². The summed E-state index contributed by atoms with van der Waals surface area (Å²) >= 11 is 0. The molecule has 0 radical (unpaired) electrons. The molecule has 0 aliphatic carbocycles. The van der Waals surface area contributed by atoms with Crippen molar-refractivity contribution >= 4 is 11.9 Å². The number of unbranched alkanes of at least 4 members (excludes halogenated alkanes) is 1. The van der Waals surface area contributed by atoms with Gasteiger partial charge < -0.3 is 15.2 Å². The van der Waals surface area contributed by atoms with Gasteiger partial charge in [-0.05, 0) is 59.7 Å². The van der Waals surface area contributed by atoms with Crippen LogP contribution in [0.3, 0.4) is 0 Å². The van der Waals surface area contributed by atoms with Crippen molar-refractivity contribution in [2.24, 2.45) is 0 Å². The molecule has 0 spiro atoms. The summed E-state index contributed by atoms with van der Waals surface area (Å²) in [5.41, 5.74) is 2.82. The zero-order valence-corrected chi connectivity index (χ0v) is 19.0. The Morgan fingerprint density at radius 1 is 0.857 bits per heavy atom. The lowest BCUT2D eigenvalue weighted by Gasteiger charge is -2.09. The van der Waals surface area contributed by atoms with Gasteiger partial charge in [-0.2, -0.15) is 13.2 Å². The maximum atomic E-state index is 12.8. The second kappa shape index (κ2) is 12.1. The first-order chi connectivity index (χ1) is 16.7. The lowest BCUT2D eigenvalue weighted by Crippen LogP contribution is -2.22. The van der Waals surface area contributed by atoms with E-state index >= 15 is 0 Å². The number of alkyl halides is 3. The Morgan fingerprint density at radius 2 is 1.51 bits per heavy atom. The summed E-state index contributed by atoms with van der Waals surface area (Å²) in [5, 5.41) is 11.5. The SMILES string of the molecule is O=C(O)COc1ccc(-c2ccc(CNC(=O)CCCCc3cccc(C(F)(F)F)c3)cc2)cc1. The molecule has 8 heteroatoms. The standard InChI is InChI=1S/C27H26F3NO4/c28-27(29,30)23-6-3-5-19(16-23)4-1-2-7-25(32)31-17-20-8-10-21(11-9-20)22-12-14-24(15-13-22)35-18-26(33)34/h3,5-6,8-16H,1-2,4,7,17-18H2,(H,31,32)(H,33,34). The number of carboxylic acid groups (broad SMARTS) is 1. The van der Waals surface area contributed by atoms with E-state index in [0.29, 0.717) is 43.5 Å². The molecule has 0 aromatic heterocycles. The second-order valence-corrected chi connectivity index (χ2v) is 8.09. The van der Waals surface area contributed by atoms with Gasteiger partial charge in [-0.25, -0.2) is 4.79 Å². The van der Waals surface area contributed by atoms with Gasteiger partial charge in [0.05, 0.1) is 5.56 Å². The number of aryl methyl sites for hydroxylation is 1. The fourth-order valence-electron chi connectivity index (χ4n) is 3.51. The minimum atomic E-state index is -4.35. The summed E-state index contributed by atoms with van der Waals surface area (Å²) in [6.07, 6.45) is -2.33. The molecule has 184 valence electrons. The highest BCUT2D eigenvalue weighted by atomic mass is 19.4. The molecule has 3 aromatic rings. The molecule has 0 saturated heterocycles. The predicted molar refractivity (Wildman–Crippen MR) is 126 cm³/mol. The minimum Gasteiger partial charge on any atom is -0.482 e. The van der Waals surface area contributed by atoms with Gasteiger partial charge in [-0.15, -0.1) is 0 Å². The van der Waals surface area contributed by atoms with Crippen LogP contribution in [0.4, 0.5) is 13.2 Å². The number of amides is 1. The number of carboxylic acids is 1. The highest BCUT2D eigenvalue weighted by Crippen LogP contribution is 2.30. The molecular formula is C27H26F3NO4. The molecule has 0 unspecified atom stereocenters. The van der Waals surface area contributed by atoms with E-state index in [4.69, 9.17) is 9.84 Å². The number of carbonyl (C=O) groups excluding carboxylic acids is 1. The number of rotatable bonds is 11. The van der Waals surface area contributed by atoms with Crippen molar-refractivity contribution in [2.75, 3.05) is 6.61 Å². The third kappa shape index (κ3) is 8.48. The third-order valence-corrected chi connectivity index (χ3v) is 5.37. The van der Waals surface area contributed by atoms with Gasteiger partial charge in [0.25, 0.3) is 0 Å². The molecule has 35 heavy (non-hydrogen) atoms. The highest BCUT2D eigenvalue weighted by molar-refractivity contribution is 5.75. The number of hydrogen-bond donors (Lipinski definition) is 2. The fourth-order valence-corrected chi connectivity index (χ4v) is 3.51. The van der Waals surface area contributed by atoms with Crippen molar-refractivity contribution < 1.29 is 32.6 Å². The van der Waals surface area contributed by atoms with Crippen molar-refractivity contribution in [3.8, 4) is 16.9 Å². The van der Waals surface area contributed by atoms with E-state index < -0.39 is 24.3 Å². The van der Waals surface area contributed by atoms with Crippen LogP contribution in [0.15, 0.2) is 72.8 Å². The Morgan fingerprint density at radius 3 is 2.14 bits per heavy atom. The first-order valence-electron chi connectivity index (χ1n) is 11.2. The number of nitrogens with one attached hydrogen (secondary N) is 1. The Bertz CT molecular complexity index is 1130. The average molecular weight is 486 g/mol. The minimum absolute atomic E-state index is 0.102.